The fourth-order valence-corrected chi connectivity index (χ4v) is 2.07. The summed E-state index contributed by atoms with van der Waals surface area (Å²) < 4.78 is 0. The van der Waals surface area contributed by atoms with Gasteiger partial charge in [0.05, 0.1) is 4.92 Å². The lowest BCUT2D eigenvalue weighted by Crippen LogP contribution is -2.29. The number of benzene rings is 1. The van der Waals surface area contributed by atoms with Crippen molar-refractivity contribution in [1.82, 2.24) is 5.32 Å². The summed E-state index contributed by atoms with van der Waals surface area (Å²) in [5.41, 5.74) is 0.346. The summed E-state index contributed by atoms with van der Waals surface area (Å²) >= 11 is 0. The molecule has 0 saturated heterocycles. The number of carbonyl (C=O) groups is 1. The highest BCUT2D eigenvalue weighted by atomic mass is 16.6. The van der Waals surface area contributed by atoms with E-state index in [2.05, 4.69) is 24.5 Å². The summed E-state index contributed by atoms with van der Waals surface area (Å²) in [6, 6.07) is 4.78. The third-order valence-electron chi connectivity index (χ3n) is 3.55. The number of nitro groups is 1. The quantitative estimate of drug-likeness (QED) is 0.644. The van der Waals surface area contributed by atoms with E-state index in [4.69, 9.17) is 0 Å². The van der Waals surface area contributed by atoms with Crippen LogP contribution >= 0.6 is 0 Å². The normalized spacial score (nSPS) is 19.6. The molecule has 2 N–H and O–H groups in total. The summed E-state index contributed by atoms with van der Waals surface area (Å²) in [6.45, 7) is 4.10. The van der Waals surface area contributed by atoms with Crippen molar-refractivity contribution in [3.63, 3.8) is 0 Å². The van der Waals surface area contributed by atoms with Crippen LogP contribution in [0, 0.1) is 15.5 Å². The lowest BCUT2D eigenvalue weighted by Gasteiger charge is -2.09. The van der Waals surface area contributed by atoms with Crippen molar-refractivity contribution >= 4 is 17.3 Å². The third kappa shape index (κ3) is 2.52. The highest BCUT2D eigenvalue weighted by Gasteiger charge is 2.47. The van der Waals surface area contributed by atoms with E-state index in [1.54, 1.807) is 19.2 Å². The van der Waals surface area contributed by atoms with E-state index < -0.39 is 4.92 Å². The zero-order chi connectivity index (χ0) is 14.2. The molecule has 1 amide bonds. The first-order valence-corrected chi connectivity index (χ1v) is 6.13. The van der Waals surface area contributed by atoms with Gasteiger partial charge in [0.1, 0.15) is 11.3 Å². The van der Waals surface area contributed by atoms with Crippen molar-refractivity contribution in [2.45, 2.75) is 26.3 Å². The Balaban J connectivity index is 2.29. The van der Waals surface area contributed by atoms with Crippen LogP contribution in [0.4, 0.5) is 11.4 Å². The molecule has 0 spiro atoms. The number of rotatable bonds is 4. The molecule has 0 radical (unpaired) electrons. The van der Waals surface area contributed by atoms with Crippen LogP contribution < -0.4 is 10.6 Å². The molecule has 1 aromatic carbocycles. The second-order valence-corrected chi connectivity index (χ2v) is 5.43. The highest BCUT2D eigenvalue weighted by molar-refractivity contribution is 6.00. The van der Waals surface area contributed by atoms with Gasteiger partial charge in [-0.1, -0.05) is 19.9 Å². The lowest BCUT2D eigenvalue weighted by atomic mass is 10.1. The highest BCUT2D eigenvalue weighted by Crippen LogP contribution is 2.44. The Morgan fingerprint density at radius 3 is 2.58 bits per heavy atom. The van der Waals surface area contributed by atoms with Crippen LogP contribution in [0.15, 0.2) is 18.2 Å². The summed E-state index contributed by atoms with van der Waals surface area (Å²) in [5.74, 6) is -0.389. The smallest absolute Gasteiger partial charge is 0.305 e. The van der Waals surface area contributed by atoms with Crippen molar-refractivity contribution in [3.8, 4) is 0 Å². The summed E-state index contributed by atoms with van der Waals surface area (Å²) in [7, 11) is 1.59. The van der Waals surface area contributed by atoms with Crippen LogP contribution in [-0.4, -0.2) is 23.9 Å². The third-order valence-corrected chi connectivity index (χ3v) is 3.55. The Hall–Kier alpha value is -2.11. The molecule has 0 heterocycles. The first-order chi connectivity index (χ1) is 8.86. The van der Waals surface area contributed by atoms with Gasteiger partial charge < -0.3 is 10.6 Å². The number of nitro benzene ring substituents is 1. The molecule has 1 aromatic rings. The molecule has 1 fully saturated rings. The SMILES string of the molecule is CNc1cccc(C(=O)NC2CC2(C)C)c1[N+](=O)[O-]. The molecule has 0 aromatic heterocycles. The van der Waals surface area contributed by atoms with Gasteiger partial charge in [-0.05, 0) is 24.0 Å². The van der Waals surface area contributed by atoms with E-state index in [-0.39, 0.29) is 28.6 Å². The average Bonchev–Trinajstić information content (AvgIpc) is 2.95. The summed E-state index contributed by atoms with van der Waals surface area (Å²) in [6.07, 6.45) is 0.901. The zero-order valence-electron chi connectivity index (χ0n) is 11.2. The standard InChI is InChI=1S/C13H17N3O3/c1-13(2)7-10(13)15-12(17)8-5-4-6-9(14-3)11(8)16(18)19/h4-6,10,14H,7H2,1-3H3,(H,15,17). The van der Waals surface area contributed by atoms with E-state index in [0.29, 0.717) is 5.69 Å². The molecular weight excluding hydrogens is 246 g/mol. The van der Waals surface area contributed by atoms with Gasteiger partial charge in [0.2, 0.25) is 0 Å². The maximum Gasteiger partial charge on any atom is 0.305 e. The first kappa shape index (κ1) is 13.3. The maximum absolute atomic E-state index is 12.1. The number of carbonyl (C=O) groups excluding carboxylic acids is 1. The fraction of sp³-hybridized carbons (Fsp3) is 0.462. The van der Waals surface area contributed by atoms with Gasteiger partial charge in [-0.2, -0.15) is 0 Å². The van der Waals surface area contributed by atoms with Gasteiger partial charge in [0.25, 0.3) is 5.91 Å². The van der Waals surface area contributed by atoms with Crippen LogP contribution in [0.2, 0.25) is 0 Å². The van der Waals surface area contributed by atoms with Crippen LogP contribution in [0.25, 0.3) is 0 Å². The fourth-order valence-electron chi connectivity index (χ4n) is 2.07. The Morgan fingerprint density at radius 1 is 1.47 bits per heavy atom. The number of nitrogens with one attached hydrogen (secondary N) is 2. The average molecular weight is 263 g/mol. The Morgan fingerprint density at radius 2 is 2.11 bits per heavy atom. The van der Waals surface area contributed by atoms with E-state index in [1.165, 1.54) is 6.07 Å². The van der Waals surface area contributed by atoms with E-state index in [9.17, 15) is 14.9 Å². The molecule has 0 bridgehead atoms. The molecule has 6 nitrogen and oxygen atoms in total. The summed E-state index contributed by atoms with van der Waals surface area (Å²) in [5, 5.41) is 16.7. The molecule has 0 aliphatic heterocycles. The number of anilines is 1. The predicted octanol–water partition coefficient (Wildman–Crippen LogP) is 2.16. The second-order valence-electron chi connectivity index (χ2n) is 5.43. The van der Waals surface area contributed by atoms with Crippen molar-refractivity contribution in [2.75, 3.05) is 12.4 Å². The molecule has 1 aliphatic rings. The molecule has 1 atom stereocenters. The lowest BCUT2D eigenvalue weighted by molar-refractivity contribution is -0.384. The Labute approximate surface area is 111 Å². The van der Waals surface area contributed by atoms with Gasteiger partial charge in [-0.25, -0.2) is 0 Å². The molecule has 2 rings (SSSR count). The van der Waals surface area contributed by atoms with E-state index in [1.807, 2.05) is 0 Å². The topological polar surface area (TPSA) is 84.3 Å². The Bertz CT molecular complexity index is 540. The predicted molar refractivity (Wildman–Crippen MR) is 72.3 cm³/mol. The number of hydrogen-bond acceptors (Lipinski definition) is 4. The van der Waals surface area contributed by atoms with Crippen LogP contribution in [0.5, 0.6) is 0 Å². The zero-order valence-corrected chi connectivity index (χ0v) is 11.2. The minimum Gasteiger partial charge on any atom is -0.383 e. The van der Waals surface area contributed by atoms with E-state index >= 15 is 0 Å². The monoisotopic (exact) mass is 263 g/mol. The summed E-state index contributed by atoms with van der Waals surface area (Å²) in [4.78, 5) is 22.7. The molecule has 6 heteroatoms. The van der Waals surface area contributed by atoms with Crippen molar-refractivity contribution in [2.24, 2.45) is 5.41 Å². The van der Waals surface area contributed by atoms with Gasteiger partial charge in [-0.15, -0.1) is 0 Å². The number of hydrogen-bond donors (Lipinski definition) is 2. The minimum atomic E-state index is -0.529. The van der Waals surface area contributed by atoms with Crippen molar-refractivity contribution in [1.29, 1.82) is 0 Å². The van der Waals surface area contributed by atoms with Crippen molar-refractivity contribution in [3.05, 3.63) is 33.9 Å². The molecule has 1 aliphatic carbocycles. The van der Waals surface area contributed by atoms with Crippen molar-refractivity contribution < 1.29 is 9.72 Å². The molecule has 1 unspecified atom stereocenters. The first-order valence-electron chi connectivity index (χ1n) is 6.13. The van der Waals surface area contributed by atoms with E-state index in [0.717, 1.165) is 6.42 Å². The van der Waals surface area contributed by atoms with Gasteiger partial charge in [0.15, 0.2) is 0 Å². The number of para-hydroxylation sites is 1. The number of nitrogens with zero attached hydrogens (tertiary/aromatic N) is 1. The Kier molecular flexibility index (Phi) is 3.18. The largest absolute Gasteiger partial charge is 0.383 e. The van der Waals surface area contributed by atoms with Gasteiger partial charge in [0, 0.05) is 13.1 Å². The molecule has 19 heavy (non-hydrogen) atoms. The molecule has 102 valence electrons. The maximum atomic E-state index is 12.1. The minimum absolute atomic E-state index is 0.0883. The van der Waals surface area contributed by atoms with Gasteiger partial charge >= 0.3 is 5.69 Å². The molecular formula is C13H17N3O3. The van der Waals surface area contributed by atoms with Gasteiger partial charge in [-0.3, -0.25) is 14.9 Å². The molecule has 1 saturated carbocycles. The second kappa shape index (κ2) is 4.53. The van der Waals surface area contributed by atoms with Crippen LogP contribution in [0.3, 0.4) is 0 Å². The van der Waals surface area contributed by atoms with Crippen LogP contribution in [0.1, 0.15) is 30.6 Å². The van der Waals surface area contributed by atoms with Crippen LogP contribution in [-0.2, 0) is 0 Å². The number of amides is 1.